The summed E-state index contributed by atoms with van der Waals surface area (Å²) in [7, 11) is 2.13. The SMILES string of the molecule is CN1CCC(CO)(c2ccc(Cl)cc2)CC1. The fourth-order valence-electron chi connectivity index (χ4n) is 2.39. The second-order valence-corrected chi connectivity index (χ2v) is 5.19. The van der Waals surface area contributed by atoms with E-state index in [4.69, 9.17) is 11.6 Å². The molecule has 1 N–H and O–H groups in total. The number of piperidine rings is 1. The average molecular weight is 240 g/mol. The number of nitrogens with zero attached hydrogens (tertiary/aromatic N) is 1. The zero-order valence-electron chi connectivity index (χ0n) is 9.62. The molecule has 0 aromatic heterocycles. The Bertz CT molecular complexity index is 341. The third-order valence-electron chi connectivity index (χ3n) is 3.70. The highest BCUT2D eigenvalue weighted by atomic mass is 35.5. The Morgan fingerprint density at radius 3 is 2.31 bits per heavy atom. The molecule has 1 aromatic carbocycles. The first-order valence-electron chi connectivity index (χ1n) is 5.72. The van der Waals surface area contributed by atoms with Crippen LogP contribution in [0, 0.1) is 0 Å². The normalized spacial score (nSPS) is 20.9. The van der Waals surface area contributed by atoms with Crippen LogP contribution in [0.2, 0.25) is 5.02 Å². The van der Waals surface area contributed by atoms with Crippen LogP contribution in [0.1, 0.15) is 18.4 Å². The molecular formula is C13H18ClNO. The first kappa shape index (κ1) is 11.9. The van der Waals surface area contributed by atoms with Crippen molar-refractivity contribution in [2.24, 2.45) is 0 Å². The lowest BCUT2D eigenvalue weighted by atomic mass is 9.73. The van der Waals surface area contributed by atoms with Gasteiger partial charge in [-0.25, -0.2) is 0 Å². The molecule has 0 atom stereocenters. The summed E-state index contributed by atoms with van der Waals surface area (Å²) in [6, 6.07) is 7.91. The highest BCUT2D eigenvalue weighted by molar-refractivity contribution is 6.30. The summed E-state index contributed by atoms with van der Waals surface area (Å²) in [5.74, 6) is 0. The molecule has 0 spiro atoms. The maximum absolute atomic E-state index is 9.70. The van der Waals surface area contributed by atoms with Gasteiger partial charge in [-0.2, -0.15) is 0 Å². The molecule has 0 aliphatic carbocycles. The van der Waals surface area contributed by atoms with Gasteiger partial charge >= 0.3 is 0 Å². The van der Waals surface area contributed by atoms with E-state index in [1.54, 1.807) is 0 Å². The van der Waals surface area contributed by atoms with Crippen LogP contribution in [-0.2, 0) is 5.41 Å². The maximum atomic E-state index is 9.70. The largest absolute Gasteiger partial charge is 0.395 e. The topological polar surface area (TPSA) is 23.5 Å². The summed E-state index contributed by atoms with van der Waals surface area (Å²) in [5, 5.41) is 10.5. The number of hydrogen-bond donors (Lipinski definition) is 1. The van der Waals surface area contributed by atoms with E-state index >= 15 is 0 Å². The zero-order chi connectivity index (χ0) is 11.6. The van der Waals surface area contributed by atoms with Crippen molar-refractivity contribution in [3.63, 3.8) is 0 Å². The van der Waals surface area contributed by atoms with Gasteiger partial charge in [0.25, 0.3) is 0 Å². The van der Waals surface area contributed by atoms with Crippen LogP contribution in [0.5, 0.6) is 0 Å². The first-order chi connectivity index (χ1) is 7.66. The number of rotatable bonds is 2. The monoisotopic (exact) mass is 239 g/mol. The summed E-state index contributed by atoms with van der Waals surface area (Å²) < 4.78 is 0. The van der Waals surface area contributed by atoms with Gasteiger partial charge in [0.1, 0.15) is 0 Å². The molecule has 0 unspecified atom stereocenters. The van der Waals surface area contributed by atoms with E-state index in [0.717, 1.165) is 31.0 Å². The molecule has 1 fully saturated rings. The molecular weight excluding hydrogens is 222 g/mol. The second-order valence-electron chi connectivity index (χ2n) is 4.75. The van der Waals surface area contributed by atoms with Crippen molar-refractivity contribution >= 4 is 11.6 Å². The maximum Gasteiger partial charge on any atom is 0.0528 e. The van der Waals surface area contributed by atoms with Gasteiger partial charge in [0.15, 0.2) is 0 Å². The van der Waals surface area contributed by atoms with Crippen molar-refractivity contribution in [2.75, 3.05) is 26.7 Å². The Morgan fingerprint density at radius 2 is 1.81 bits per heavy atom. The molecule has 1 aliphatic heterocycles. The van der Waals surface area contributed by atoms with Gasteiger partial charge in [-0.3, -0.25) is 0 Å². The van der Waals surface area contributed by atoms with Crippen LogP contribution in [0.25, 0.3) is 0 Å². The summed E-state index contributed by atoms with van der Waals surface area (Å²) in [4.78, 5) is 2.31. The van der Waals surface area contributed by atoms with Crippen LogP contribution in [0.3, 0.4) is 0 Å². The zero-order valence-corrected chi connectivity index (χ0v) is 10.4. The van der Waals surface area contributed by atoms with Crippen molar-refractivity contribution in [2.45, 2.75) is 18.3 Å². The summed E-state index contributed by atoms with van der Waals surface area (Å²) in [6.45, 7) is 2.31. The second kappa shape index (κ2) is 4.74. The van der Waals surface area contributed by atoms with Gasteiger partial charge in [0.05, 0.1) is 6.61 Å². The molecule has 0 saturated carbocycles. The molecule has 1 aliphatic rings. The lowest BCUT2D eigenvalue weighted by molar-refractivity contribution is 0.114. The van der Waals surface area contributed by atoms with E-state index < -0.39 is 0 Å². The fraction of sp³-hybridized carbons (Fsp3) is 0.538. The molecule has 2 rings (SSSR count). The van der Waals surface area contributed by atoms with Crippen LogP contribution in [0.15, 0.2) is 24.3 Å². The Balaban J connectivity index is 2.24. The van der Waals surface area contributed by atoms with Crippen LogP contribution in [0.4, 0.5) is 0 Å². The minimum atomic E-state index is -0.0584. The smallest absolute Gasteiger partial charge is 0.0528 e. The Morgan fingerprint density at radius 1 is 1.25 bits per heavy atom. The van der Waals surface area contributed by atoms with E-state index in [-0.39, 0.29) is 12.0 Å². The average Bonchev–Trinajstić information content (AvgIpc) is 2.32. The van der Waals surface area contributed by atoms with Gasteiger partial charge in [-0.15, -0.1) is 0 Å². The molecule has 0 bridgehead atoms. The van der Waals surface area contributed by atoms with Gasteiger partial charge in [-0.05, 0) is 50.7 Å². The van der Waals surface area contributed by atoms with Crippen molar-refractivity contribution in [1.29, 1.82) is 0 Å². The van der Waals surface area contributed by atoms with E-state index in [1.165, 1.54) is 5.56 Å². The van der Waals surface area contributed by atoms with Crippen LogP contribution >= 0.6 is 11.6 Å². The van der Waals surface area contributed by atoms with E-state index in [9.17, 15) is 5.11 Å². The van der Waals surface area contributed by atoms with E-state index in [2.05, 4.69) is 11.9 Å². The predicted octanol–water partition coefficient (Wildman–Crippen LogP) is 2.30. The van der Waals surface area contributed by atoms with Crippen LogP contribution < -0.4 is 0 Å². The van der Waals surface area contributed by atoms with Crippen molar-refractivity contribution < 1.29 is 5.11 Å². The quantitative estimate of drug-likeness (QED) is 0.856. The Labute approximate surface area is 102 Å². The number of halogens is 1. The third-order valence-corrected chi connectivity index (χ3v) is 3.96. The number of benzene rings is 1. The molecule has 0 radical (unpaired) electrons. The highest BCUT2D eigenvalue weighted by Gasteiger charge is 2.34. The lowest BCUT2D eigenvalue weighted by Gasteiger charge is -2.39. The highest BCUT2D eigenvalue weighted by Crippen LogP contribution is 2.35. The number of hydrogen-bond acceptors (Lipinski definition) is 2. The number of aliphatic hydroxyl groups is 1. The van der Waals surface area contributed by atoms with Crippen molar-refractivity contribution in [3.8, 4) is 0 Å². The molecule has 16 heavy (non-hydrogen) atoms. The first-order valence-corrected chi connectivity index (χ1v) is 6.09. The number of aliphatic hydroxyl groups excluding tert-OH is 1. The van der Waals surface area contributed by atoms with Crippen LogP contribution in [-0.4, -0.2) is 36.8 Å². The van der Waals surface area contributed by atoms with Gasteiger partial charge in [0, 0.05) is 10.4 Å². The Hall–Kier alpha value is -0.570. The summed E-state index contributed by atoms with van der Waals surface area (Å²) >= 11 is 5.89. The standard InChI is InChI=1S/C13H18ClNO/c1-15-8-6-13(10-16,7-9-15)11-2-4-12(14)5-3-11/h2-5,16H,6-10H2,1H3. The Kier molecular flexibility index (Phi) is 3.53. The lowest BCUT2D eigenvalue weighted by Crippen LogP contribution is -2.43. The molecule has 1 aromatic rings. The molecule has 1 heterocycles. The third kappa shape index (κ3) is 2.24. The van der Waals surface area contributed by atoms with Crippen molar-refractivity contribution in [1.82, 2.24) is 4.90 Å². The van der Waals surface area contributed by atoms with Crippen molar-refractivity contribution in [3.05, 3.63) is 34.9 Å². The van der Waals surface area contributed by atoms with E-state index in [0.29, 0.717) is 0 Å². The minimum Gasteiger partial charge on any atom is -0.395 e. The molecule has 2 nitrogen and oxygen atoms in total. The summed E-state index contributed by atoms with van der Waals surface area (Å²) in [5.41, 5.74) is 1.16. The van der Waals surface area contributed by atoms with Gasteiger partial charge in [0.2, 0.25) is 0 Å². The molecule has 88 valence electrons. The molecule has 0 amide bonds. The molecule has 1 saturated heterocycles. The number of likely N-dealkylation sites (tertiary alicyclic amines) is 1. The van der Waals surface area contributed by atoms with Gasteiger partial charge < -0.3 is 10.0 Å². The van der Waals surface area contributed by atoms with Gasteiger partial charge in [-0.1, -0.05) is 23.7 Å². The summed E-state index contributed by atoms with van der Waals surface area (Å²) in [6.07, 6.45) is 2.03. The molecule has 3 heteroatoms. The predicted molar refractivity (Wildman–Crippen MR) is 66.9 cm³/mol. The minimum absolute atomic E-state index is 0.0584. The fourth-order valence-corrected chi connectivity index (χ4v) is 2.51. The van der Waals surface area contributed by atoms with E-state index in [1.807, 2.05) is 24.3 Å².